The van der Waals surface area contributed by atoms with Gasteiger partial charge in [-0.1, -0.05) is 34.6 Å². The summed E-state index contributed by atoms with van der Waals surface area (Å²) in [5.41, 5.74) is -0.0687. The quantitative estimate of drug-likeness (QED) is 0.730. The Labute approximate surface area is 106 Å². The number of furan rings is 1. The number of rotatable bonds is 4. The third kappa shape index (κ3) is 3.09. The summed E-state index contributed by atoms with van der Waals surface area (Å²) in [5.74, 6) is 0.244. The molecule has 0 aliphatic heterocycles. The standard InChI is InChI=1S/C14H21F3O/c1-9(2)13(5,10(3)4)8-11-6-7-12(18-11)14(15,16)17/h6-7,9-10H,8H2,1-5H3. The fraction of sp³-hybridized carbons (Fsp3) is 0.714. The minimum atomic E-state index is -4.40. The zero-order valence-corrected chi connectivity index (χ0v) is 11.6. The summed E-state index contributed by atoms with van der Waals surface area (Å²) < 4.78 is 42.3. The molecule has 0 N–H and O–H groups in total. The Kier molecular flexibility index (Phi) is 4.19. The molecule has 1 nitrogen and oxygen atoms in total. The van der Waals surface area contributed by atoms with Gasteiger partial charge in [0.05, 0.1) is 0 Å². The van der Waals surface area contributed by atoms with E-state index in [0.717, 1.165) is 6.07 Å². The largest absolute Gasteiger partial charge is 0.456 e. The Morgan fingerprint density at radius 3 is 1.89 bits per heavy atom. The van der Waals surface area contributed by atoms with Crippen molar-refractivity contribution < 1.29 is 17.6 Å². The SMILES string of the molecule is CC(C)C(C)(Cc1ccc(C(F)(F)F)o1)C(C)C. The fourth-order valence-corrected chi connectivity index (χ4v) is 2.08. The Morgan fingerprint density at radius 2 is 1.56 bits per heavy atom. The van der Waals surface area contributed by atoms with Crippen LogP contribution in [0.25, 0.3) is 0 Å². The van der Waals surface area contributed by atoms with Crippen molar-refractivity contribution in [2.24, 2.45) is 17.3 Å². The first kappa shape index (κ1) is 15.1. The van der Waals surface area contributed by atoms with Crippen molar-refractivity contribution in [2.45, 2.75) is 47.2 Å². The summed E-state index contributed by atoms with van der Waals surface area (Å²) >= 11 is 0. The van der Waals surface area contributed by atoms with E-state index in [9.17, 15) is 13.2 Å². The van der Waals surface area contributed by atoms with Gasteiger partial charge < -0.3 is 4.42 Å². The van der Waals surface area contributed by atoms with Crippen LogP contribution in [0.1, 0.15) is 46.1 Å². The summed E-state index contributed by atoms with van der Waals surface area (Å²) in [5, 5.41) is 0. The number of halogens is 3. The molecule has 4 heteroatoms. The molecule has 0 atom stereocenters. The molecule has 0 fully saturated rings. The highest BCUT2D eigenvalue weighted by atomic mass is 19.4. The van der Waals surface area contributed by atoms with Gasteiger partial charge in [0.25, 0.3) is 0 Å². The van der Waals surface area contributed by atoms with E-state index in [1.165, 1.54) is 6.07 Å². The second-order valence-electron chi connectivity index (χ2n) is 5.76. The lowest BCUT2D eigenvalue weighted by atomic mass is 9.68. The van der Waals surface area contributed by atoms with Gasteiger partial charge in [0.15, 0.2) is 0 Å². The van der Waals surface area contributed by atoms with Crippen molar-refractivity contribution in [3.05, 3.63) is 23.7 Å². The zero-order chi connectivity index (χ0) is 14.1. The van der Waals surface area contributed by atoms with Gasteiger partial charge in [-0.05, 0) is 29.4 Å². The topological polar surface area (TPSA) is 13.1 Å². The summed E-state index contributed by atoms with van der Waals surface area (Å²) in [6, 6.07) is 2.45. The first-order chi connectivity index (χ1) is 8.07. The fourth-order valence-electron chi connectivity index (χ4n) is 2.08. The van der Waals surface area contributed by atoms with Crippen LogP contribution in [0.15, 0.2) is 16.5 Å². The highest BCUT2D eigenvalue weighted by molar-refractivity contribution is 5.11. The predicted molar refractivity (Wildman–Crippen MR) is 65.2 cm³/mol. The van der Waals surface area contributed by atoms with E-state index < -0.39 is 11.9 Å². The Balaban J connectivity index is 2.93. The van der Waals surface area contributed by atoms with Gasteiger partial charge in [-0.2, -0.15) is 13.2 Å². The molecule has 0 spiro atoms. The van der Waals surface area contributed by atoms with Crippen LogP contribution >= 0.6 is 0 Å². The van der Waals surface area contributed by atoms with Crippen LogP contribution in [0.2, 0.25) is 0 Å². The van der Waals surface area contributed by atoms with E-state index in [1.54, 1.807) is 0 Å². The van der Waals surface area contributed by atoms with Gasteiger partial charge in [-0.25, -0.2) is 0 Å². The third-order valence-electron chi connectivity index (χ3n) is 4.13. The van der Waals surface area contributed by atoms with E-state index in [-0.39, 0.29) is 5.41 Å². The average molecular weight is 262 g/mol. The van der Waals surface area contributed by atoms with Gasteiger partial charge in [0.1, 0.15) is 5.76 Å². The molecule has 0 radical (unpaired) electrons. The zero-order valence-electron chi connectivity index (χ0n) is 11.6. The van der Waals surface area contributed by atoms with E-state index in [1.807, 2.05) is 0 Å². The molecule has 1 aromatic heterocycles. The van der Waals surface area contributed by atoms with Gasteiger partial charge in [-0.15, -0.1) is 0 Å². The molecule has 104 valence electrons. The van der Waals surface area contributed by atoms with Crippen LogP contribution in [-0.4, -0.2) is 0 Å². The van der Waals surface area contributed by atoms with E-state index in [4.69, 9.17) is 4.42 Å². The predicted octanol–water partition coefficient (Wildman–Crippen LogP) is 5.16. The maximum absolute atomic E-state index is 12.5. The highest BCUT2D eigenvalue weighted by Crippen LogP contribution is 2.40. The summed E-state index contributed by atoms with van der Waals surface area (Å²) in [6.45, 7) is 10.5. The molecule has 0 aromatic carbocycles. The molecule has 0 saturated carbocycles. The van der Waals surface area contributed by atoms with Crippen LogP contribution < -0.4 is 0 Å². The van der Waals surface area contributed by atoms with E-state index in [0.29, 0.717) is 24.0 Å². The summed E-state index contributed by atoms with van der Waals surface area (Å²) in [7, 11) is 0. The number of alkyl halides is 3. The molecule has 0 aliphatic rings. The third-order valence-corrected chi connectivity index (χ3v) is 4.13. The van der Waals surface area contributed by atoms with Crippen LogP contribution in [0, 0.1) is 17.3 Å². The van der Waals surface area contributed by atoms with Crippen molar-refractivity contribution >= 4 is 0 Å². The normalized spacial score (nSPS) is 13.7. The first-order valence-corrected chi connectivity index (χ1v) is 6.23. The molecule has 0 unspecified atom stereocenters. The van der Waals surface area contributed by atoms with Gasteiger partial charge in [0, 0.05) is 6.42 Å². The van der Waals surface area contributed by atoms with Crippen molar-refractivity contribution in [1.29, 1.82) is 0 Å². The Hall–Kier alpha value is -0.930. The number of hydrogen-bond acceptors (Lipinski definition) is 1. The smallest absolute Gasteiger partial charge is 0.449 e. The molecule has 0 aliphatic carbocycles. The van der Waals surface area contributed by atoms with E-state index in [2.05, 4.69) is 34.6 Å². The molecule has 0 saturated heterocycles. The molecule has 18 heavy (non-hydrogen) atoms. The second kappa shape index (κ2) is 4.98. The second-order valence-corrected chi connectivity index (χ2v) is 5.76. The average Bonchev–Trinajstić information content (AvgIpc) is 2.64. The highest BCUT2D eigenvalue weighted by Gasteiger charge is 2.37. The lowest BCUT2D eigenvalue weighted by Gasteiger charge is -2.37. The molecular formula is C14H21F3O. The van der Waals surface area contributed by atoms with Crippen molar-refractivity contribution in [2.75, 3.05) is 0 Å². The molecule has 1 heterocycles. The minimum Gasteiger partial charge on any atom is -0.456 e. The van der Waals surface area contributed by atoms with Crippen molar-refractivity contribution in [3.63, 3.8) is 0 Å². The molecule has 0 bridgehead atoms. The van der Waals surface area contributed by atoms with Crippen molar-refractivity contribution in [1.82, 2.24) is 0 Å². The first-order valence-electron chi connectivity index (χ1n) is 6.23. The molecular weight excluding hydrogens is 241 g/mol. The molecule has 1 aromatic rings. The van der Waals surface area contributed by atoms with Crippen LogP contribution in [0.3, 0.4) is 0 Å². The number of hydrogen-bond donors (Lipinski definition) is 0. The van der Waals surface area contributed by atoms with Gasteiger partial charge in [-0.3, -0.25) is 0 Å². The Morgan fingerprint density at radius 1 is 1.06 bits per heavy atom. The van der Waals surface area contributed by atoms with Crippen LogP contribution in [0.5, 0.6) is 0 Å². The maximum Gasteiger partial charge on any atom is 0.449 e. The van der Waals surface area contributed by atoms with Gasteiger partial charge >= 0.3 is 6.18 Å². The van der Waals surface area contributed by atoms with Crippen LogP contribution in [0.4, 0.5) is 13.2 Å². The molecule has 0 amide bonds. The maximum atomic E-state index is 12.5. The van der Waals surface area contributed by atoms with Crippen LogP contribution in [-0.2, 0) is 12.6 Å². The van der Waals surface area contributed by atoms with Gasteiger partial charge in [0.2, 0.25) is 5.76 Å². The summed E-state index contributed by atoms with van der Waals surface area (Å²) in [4.78, 5) is 0. The van der Waals surface area contributed by atoms with E-state index >= 15 is 0 Å². The lowest BCUT2D eigenvalue weighted by Crippen LogP contribution is -2.32. The van der Waals surface area contributed by atoms with Crippen molar-refractivity contribution in [3.8, 4) is 0 Å². The summed E-state index contributed by atoms with van der Waals surface area (Å²) in [6.07, 6.45) is -3.87. The Bertz CT molecular complexity index is 380. The lowest BCUT2D eigenvalue weighted by molar-refractivity contribution is -0.153. The molecule has 1 rings (SSSR count). The monoisotopic (exact) mass is 262 g/mol. The minimum absolute atomic E-state index is 0.0687.